The van der Waals surface area contributed by atoms with E-state index in [4.69, 9.17) is 14.6 Å². The second-order valence-corrected chi connectivity index (χ2v) is 4.01. The minimum absolute atomic E-state index is 0.0194. The molecule has 2 aromatic rings. The van der Waals surface area contributed by atoms with E-state index in [1.807, 2.05) is 0 Å². The maximum Gasteiger partial charge on any atom is 0.169 e. The van der Waals surface area contributed by atoms with Crippen molar-refractivity contribution < 1.29 is 19.4 Å². The van der Waals surface area contributed by atoms with E-state index in [2.05, 4.69) is 4.98 Å². The summed E-state index contributed by atoms with van der Waals surface area (Å²) in [6.45, 7) is 0.0194. The minimum atomic E-state index is 0.0194. The fourth-order valence-corrected chi connectivity index (χ4v) is 2.06. The molecule has 100 valence electrons. The van der Waals surface area contributed by atoms with Gasteiger partial charge >= 0.3 is 0 Å². The van der Waals surface area contributed by atoms with Crippen molar-refractivity contribution in [2.45, 2.75) is 6.42 Å². The number of aromatic nitrogens is 1. The van der Waals surface area contributed by atoms with Crippen molar-refractivity contribution in [2.24, 2.45) is 0 Å². The molecule has 0 bridgehead atoms. The van der Waals surface area contributed by atoms with Crippen LogP contribution in [0.1, 0.15) is 16.1 Å². The normalized spacial score (nSPS) is 10.5. The van der Waals surface area contributed by atoms with Crippen molar-refractivity contribution >= 4 is 17.1 Å². The molecule has 0 atom stereocenters. The highest BCUT2D eigenvalue weighted by Gasteiger charge is 2.12. The Labute approximate surface area is 110 Å². The van der Waals surface area contributed by atoms with Crippen molar-refractivity contribution in [3.63, 3.8) is 0 Å². The lowest BCUT2D eigenvalue weighted by molar-refractivity contribution is 0.112. The van der Waals surface area contributed by atoms with Crippen molar-refractivity contribution in [2.75, 3.05) is 20.8 Å². The molecule has 0 amide bonds. The Morgan fingerprint density at radius 3 is 2.37 bits per heavy atom. The summed E-state index contributed by atoms with van der Waals surface area (Å²) in [4.78, 5) is 15.2. The molecule has 5 nitrogen and oxygen atoms in total. The maximum absolute atomic E-state index is 11.1. The Kier molecular flexibility index (Phi) is 3.97. The molecule has 0 fully saturated rings. The van der Waals surface area contributed by atoms with Gasteiger partial charge in [-0.3, -0.25) is 9.78 Å². The van der Waals surface area contributed by atoms with Crippen molar-refractivity contribution in [3.8, 4) is 11.5 Å². The smallest absolute Gasteiger partial charge is 0.169 e. The van der Waals surface area contributed by atoms with Gasteiger partial charge in [-0.25, -0.2) is 0 Å². The van der Waals surface area contributed by atoms with Gasteiger partial charge in [-0.15, -0.1) is 0 Å². The number of fused-ring (bicyclic) bond motifs is 1. The SMILES string of the molecule is COc1cc2c(CCO)cnc(C=O)c2cc1OC. The highest BCUT2D eigenvalue weighted by atomic mass is 16.5. The van der Waals surface area contributed by atoms with Gasteiger partial charge in [-0.2, -0.15) is 0 Å². The number of carbonyl (C=O) groups is 1. The number of benzene rings is 1. The number of aldehydes is 1. The lowest BCUT2D eigenvalue weighted by Crippen LogP contribution is -1.99. The van der Waals surface area contributed by atoms with Crippen LogP contribution in [0.25, 0.3) is 10.8 Å². The molecule has 0 saturated heterocycles. The third-order valence-corrected chi connectivity index (χ3v) is 3.00. The van der Waals surface area contributed by atoms with E-state index in [-0.39, 0.29) is 6.61 Å². The molecular weight excluding hydrogens is 246 g/mol. The van der Waals surface area contributed by atoms with E-state index < -0.39 is 0 Å². The Morgan fingerprint density at radius 1 is 1.21 bits per heavy atom. The summed E-state index contributed by atoms with van der Waals surface area (Å²) in [5, 5.41) is 10.6. The molecule has 0 aliphatic heterocycles. The van der Waals surface area contributed by atoms with Crippen molar-refractivity contribution in [3.05, 3.63) is 29.6 Å². The minimum Gasteiger partial charge on any atom is -0.493 e. The van der Waals surface area contributed by atoms with Crippen LogP contribution >= 0.6 is 0 Å². The van der Waals surface area contributed by atoms with Gasteiger partial charge in [0.1, 0.15) is 5.69 Å². The predicted molar refractivity (Wildman–Crippen MR) is 71.0 cm³/mol. The van der Waals surface area contributed by atoms with Crippen molar-refractivity contribution in [1.29, 1.82) is 0 Å². The molecule has 1 aromatic heterocycles. The largest absolute Gasteiger partial charge is 0.493 e. The average molecular weight is 261 g/mol. The fraction of sp³-hybridized carbons (Fsp3) is 0.286. The molecule has 0 radical (unpaired) electrons. The molecule has 5 heteroatoms. The first-order valence-electron chi connectivity index (χ1n) is 5.84. The van der Waals surface area contributed by atoms with Crippen LogP contribution in [-0.4, -0.2) is 37.2 Å². The number of aliphatic hydroxyl groups excluding tert-OH is 1. The second-order valence-electron chi connectivity index (χ2n) is 4.01. The molecule has 0 saturated carbocycles. The Morgan fingerprint density at radius 2 is 1.84 bits per heavy atom. The molecule has 19 heavy (non-hydrogen) atoms. The number of hydrogen-bond acceptors (Lipinski definition) is 5. The number of pyridine rings is 1. The number of carbonyl (C=O) groups excluding carboxylic acids is 1. The predicted octanol–water partition coefficient (Wildman–Crippen LogP) is 1.60. The van der Waals surface area contributed by atoms with Crippen LogP contribution in [0.15, 0.2) is 18.3 Å². The summed E-state index contributed by atoms with van der Waals surface area (Å²) in [6.07, 6.45) is 2.78. The van der Waals surface area contributed by atoms with Gasteiger partial charge in [0, 0.05) is 18.2 Å². The van der Waals surface area contributed by atoms with E-state index in [1.54, 1.807) is 25.4 Å². The van der Waals surface area contributed by atoms with E-state index >= 15 is 0 Å². The topological polar surface area (TPSA) is 68.7 Å². The monoisotopic (exact) mass is 261 g/mol. The van der Waals surface area contributed by atoms with Crippen molar-refractivity contribution in [1.82, 2.24) is 4.98 Å². The van der Waals surface area contributed by atoms with Gasteiger partial charge in [0.2, 0.25) is 0 Å². The van der Waals surface area contributed by atoms with Gasteiger partial charge in [0.15, 0.2) is 17.8 Å². The second kappa shape index (κ2) is 5.67. The highest BCUT2D eigenvalue weighted by molar-refractivity contribution is 5.99. The zero-order valence-electron chi connectivity index (χ0n) is 10.8. The van der Waals surface area contributed by atoms with E-state index in [1.165, 1.54) is 7.11 Å². The van der Waals surface area contributed by atoms with Gasteiger partial charge in [0.25, 0.3) is 0 Å². The van der Waals surface area contributed by atoms with E-state index in [0.717, 1.165) is 10.9 Å². The maximum atomic E-state index is 11.1. The summed E-state index contributed by atoms with van der Waals surface area (Å²) in [5.41, 5.74) is 1.21. The molecule has 1 heterocycles. The summed E-state index contributed by atoms with van der Waals surface area (Å²) < 4.78 is 10.5. The molecule has 1 aromatic carbocycles. The third-order valence-electron chi connectivity index (χ3n) is 3.00. The van der Waals surface area contributed by atoms with Gasteiger partial charge in [-0.05, 0) is 29.5 Å². The molecular formula is C14H15NO4. The number of nitrogens with zero attached hydrogens (tertiary/aromatic N) is 1. The zero-order valence-corrected chi connectivity index (χ0v) is 10.8. The zero-order chi connectivity index (χ0) is 13.8. The summed E-state index contributed by atoms with van der Waals surface area (Å²) in [5.74, 6) is 1.12. The molecule has 1 N–H and O–H groups in total. The fourth-order valence-electron chi connectivity index (χ4n) is 2.06. The van der Waals surface area contributed by atoms with E-state index in [9.17, 15) is 4.79 Å². The first-order valence-corrected chi connectivity index (χ1v) is 5.84. The first-order chi connectivity index (χ1) is 9.24. The standard InChI is InChI=1S/C14H15NO4/c1-18-13-5-10-9(3-4-16)7-15-12(8-17)11(10)6-14(13)19-2/h5-8,16H,3-4H2,1-2H3. The van der Waals surface area contributed by atoms with E-state index in [0.29, 0.717) is 35.3 Å². The number of methoxy groups -OCH3 is 2. The summed E-state index contributed by atoms with van der Waals surface area (Å²) in [7, 11) is 3.09. The first kappa shape index (κ1) is 13.3. The van der Waals surface area contributed by atoms with Crippen LogP contribution in [0, 0.1) is 0 Å². The molecule has 2 rings (SSSR count). The molecule has 0 aliphatic rings. The summed E-state index contributed by atoms with van der Waals surface area (Å²) in [6, 6.07) is 3.53. The average Bonchev–Trinajstić information content (AvgIpc) is 2.46. The van der Waals surface area contributed by atoms with Crippen LogP contribution in [-0.2, 0) is 6.42 Å². The lowest BCUT2D eigenvalue weighted by atomic mass is 10.0. The quantitative estimate of drug-likeness (QED) is 0.828. The van der Waals surface area contributed by atoms with Crippen LogP contribution < -0.4 is 9.47 Å². The molecule has 0 spiro atoms. The molecule has 0 aliphatic carbocycles. The number of aliphatic hydroxyl groups is 1. The number of hydrogen-bond donors (Lipinski definition) is 1. The third kappa shape index (κ3) is 2.37. The van der Waals surface area contributed by atoms with Gasteiger partial charge in [0.05, 0.1) is 14.2 Å². The lowest BCUT2D eigenvalue weighted by Gasteiger charge is -2.12. The van der Waals surface area contributed by atoms with Crippen LogP contribution in [0.3, 0.4) is 0 Å². The van der Waals surface area contributed by atoms with Crippen LogP contribution in [0.2, 0.25) is 0 Å². The Hall–Kier alpha value is -2.14. The number of rotatable bonds is 5. The van der Waals surface area contributed by atoms with Crippen LogP contribution in [0.4, 0.5) is 0 Å². The molecule has 0 unspecified atom stereocenters. The van der Waals surface area contributed by atoms with Crippen LogP contribution in [0.5, 0.6) is 11.5 Å². The Balaban J connectivity index is 2.78. The van der Waals surface area contributed by atoms with Gasteiger partial charge < -0.3 is 14.6 Å². The highest BCUT2D eigenvalue weighted by Crippen LogP contribution is 2.34. The number of ether oxygens (including phenoxy) is 2. The summed E-state index contributed by atoms with van der Waals surface area (Å²) >= 11 is 0. The Bertz CT molecular complexity index is 610. The van der Waals surface area contributed by atoms with Gasteiger partial charge in [-0.1, -0.05) is 0 Å².